The molecule has 0 atom stereocenters. The van der Waals surface area contributed by atoms with Gasteiger partial charge in [-0.05, 0) is 42.7 Å². The molecule has 146 valence electrons. The number of anilines is 1. The van der Waals surface area contributed by atoms with Gasteiger partial charge in [0.1, 0.15) is 0 Å². The lowest BCUT2D eigenvalue weighted by Crippen LogP contribution is -2.11. The van der Waals surface area contributed by atoms with Crippen LogP contribution in [0.1, 0.15) is 34.3 Å². The number of rotatable bonds is 8. The van der Waals surface area contributed by atoms with Crippen molar-refractivity contribution in [3.05, 3.63) is 106 Å². The molecule has 29 heavy (non-hydrogen) atoms. The molecule has 3 aromatic rings. The predicted octanol–water partition coefficient (Wildman–Crippen LogP) is 4.79. The summed E-state index contributed by atoms with van der Waals surface area (Å²) in [7, 11) is 0. The maximum atomic E-state index is 12.4. The van der Waals surface area contributed by atoms with Crippen molar-refractivity contribution in [3.8, 4) is 0 Å². The van der Waals surface area contributed by atoms with Crippen LogP contribution in [0.4, 0.5) is 11.4 Å². The highest BCUT2D eigenvalue weighted by Crippen LogP contribution is 2.16. The number of nitrogens with zero attached hydrogens (tertiary/aromatic N) is 1. The first-order chi connectivity index (χ1) is 14.0. The first kappa shape index (κ1) is 19.9. The van der Waals surface area contributed by atoms with E-state index >= 15 is 0 Å². The van der Waals surface area contributed by atoms with Gasteiger partial charge in [0.05, 0.1) is 4.92 Å². The first-order valence-corrected chi connectivity index (χ1v) is 9.26. The van der Waals surface area contributed by atoms with E-state index in [1.807, 2.05) is 18.2 Å². The summed E-state index contributed by atoms with van der Waals surface area (Å²) in [4.78, 5) is 34.7. The minimum absolute atomic E-state index is 0.0562. The van der Waals surface area contributed by atoms with Crippen LogP contribution in [-0.2, 0) is 11.2 Å². The van der Waals surface area contributed by atoms with Gasteiger partial charge in [0.15, 0.2) is 5.78 Å². The summed E-state index contributed by atoms with van der Waals surface area (Å²) in [5, 5.41) is 13.5. The molecule has 0 aromatic heterocycles. The average molecular weight is 388 g/mol. The number of nitro benzene ring substituents is 1. The number of carbonyl (C=O) groups excluding carboxylic acids is 2. The topological polar surface area (TPSA) is 89.3 Å². The van der Waals surface area contributed by atoms with E-state index in [2.05, 4.69) is 5.32 Å². The lowest BCUT2D eigenvalue weighted by molar-refractivity contribution is -0.384. The number of hydrogen-bond acceptors (Lipinski definition) is 4. The van der Waals surface area contributed by atoms with E-state index in [1.54, 1.807) is 48.5 Å². The van der Waals surface area contributed by atoms with Crippen LogP contribution >= 0.6 is 0 Å². The van der Waals surface area contributed by atoms with E-state index in [9.17, 15) is 19.7 Å². The maximum absolute atomic E-state index is 12.4. The highest BCUT2D eigenvalue weighted by Gasteiger charge is 2.09. The monoisotopic (exact) mass is 388 g/mol. The molecular formula is C23H20N2O4. The van der Waals surface area contributed by atoms with Crippen molar-refractivity contribution in [2.75, 3.05) is 5.32 Å². The van der Waals surface area contributed by atoms with Gasteiger partial charge in [0.25, 0.3) is 5.69 Å². The molecule has 1 N–H and O–H groups in total. The van der Waals surface area contributed by atoms with Gasteiger partial charge in [0.2, 0.25) is 5.91 Å². The van der Waals surface area contributed by atoms with E-state index in [4.69, 9.17) is 0 Å². The van der Waals surface area contributed by atoms with Crippen LogP contribution in [-0.4, -0.2) is 16.6 Å². The molecule has 0 radical (unpaired) electrons. The lowest BCUT2D eigenvalue weighted by Gasteiger charge is -2.07. The second-order valence-corrected chi connectivity index (χ2v) is 6.60. The third-order valence-corrected chi connectivity index (χ3v) is 4.48. The SMILES string of the molecule is O=C(CCCc1ccc([N+](=O)[O-])cc1)Nc1ccc(C(=O)c2ccccc2)cc1. The van der Waals surface area contributed by atoms with E-state index < -0.39 is 4.92 Å². The standard InChI is InChI=1S/C23H20N2O4/c26-22(8-4-5-17-9-15-21(16-10-17)25(28)29)24-20-13-11-19(12-14-20)23(27)18-6-2-1-3-7-18/h1-3,6-7,9-16H,4-5,8H2,(H,24,26). The van der Waals surface area contributed by atoms with Crippen molar-refractivity contribution in [3.63, 3.8) is 0 Å². The Morgan fingerprint density at radius 2 is 1.45 bits per heavy atom. The predicted molar refractivity (Wildman–Crippen MR) is 111 cm³/mol. The van der Waals surface area contributed by atoms with Crippen LogP contribution < -0.4 is 5.32 Å². The normalized spacial score (nSPS) is 10.3. The van der Waals surface area contributed by atoms with Crippen LogP contribution in [0, 0.1) is 10.1 Å². The van der Waals surface area contributed by atoms with Gasteiger partial charge in [-0.3, -0.25) is 19.7 Å². The molecule has 1 amide bonds. The molecule has 3 rings (SSSR count). The van der Waals surface area contributed by atoms with Crippen LogP contribution in [0.2, 0.25) is 0 Å². The summed E-state index contributed by atoms with van der Waals surface area (Å²) < 4.78 is 0. The number of ketones is 1. The van der Waals surface area contributed by atoms with Crippen LogP contribution in [0.25, 0.3) is 0 Å². The van der Waals surface area contributed by atoms with Crippen molar-refractivity contribution < 1.29 is 14.5 Å². The Bertz CT molecular complexity index is 997. The summed E-state index contributed by atoms with van der Waals surface area (Å²) in [5.74, 6) is -0.180. The Kier molecular flexibility index (Phi) is 6.47. The summed E-state index contributed by atoms with van der Waals surface area (Å²) in [5.41, 5.74) is 2.82. The van der Waals surface area contributed by atoms with Crippen LogP contribution in [0.15, 0.2) is 78.9 Å². The molecule has 6 nitrogen and oxygen atoms in total. The number of non-ortho nitro benzene ring substituents is 1. The van der Waals surface area contributed by atoms with Gasteiger partial charge in [-0.25, -0.2) is 0 Å². The van der Waals surface area contributed by atoms with E-state index in [0.29, 0.717) is 36.1 Å². The smallest absolute Gasteiger partial charge is 0.269 e. The van der Waals surface area contributed by atoms with Crippen molar-refractivity contribution in [2.24, 2.45) is 0 Å². The Morgan fingerprint density at radius 3 is 2.07 bits per heavy atom. The van der Waals surface area contributed by atoms with Crippen molar-refractivity contribution in [1.29, 1.82) is 0 Å². The van der Waals surface area contributed by atoms with Crippen molar-refractivity contribution in [2.45, 2.75) is 19.3 Å². The van der Waals surface area contributed by atoms with Crippen molar-refractivity contribution >= 4 is 23.1 Å². The number of aryl methyl sites for hydroxylation is 1. The molecular weight excluding hydrogens is 368 g/mol. The Balaban J connectivity index is 1.48. The first-order valence-electron chi connectivity index (χ1n) is 9.26. The maximum Gasteiger partial charge on any atom is 0.269 e. The fourth-order valence-electron chi connectivity index (χ4n) is 2.92. The molecule has 0 fully saturated rings. The van der Waals surface area contributed by atoms with E-state index in [-0.39, 0.29) is 17.4 Å². The summed E-state index contributed by atoms with van der Waals surface area (Å²) >= 11 is 0. The van der Waals surface area contributed by atoms with Gasteiger partial charge in [-0.15, -0.1) is 0 Å². The number of hydrogen-bond donors (Lipinski definition) is 1. The highest BCUT2D eigenvalue weighted by molar-refractivity contribution is 6.09. The minimum Gasteiger partial charge on any atom is -0.326 e. The van der Waals surface area contributed by atoms with Gasteiger partial charge < -0.3 is 5.32 Å². The zero-order valence-corrected chi connectivity index (χ0v) is 15.7. The Hall–Kier alpha value is -3.80. The van der Waals surface area contributed by atoms with Crippen LogP contribution in [0.5, 0.6) is 0 Å². The summed E-state index contributed by atoms with van der Waals surface area (Å²) in [6, 6.07) is 22.2. The average Bonchev–Trinajstić information content (AvgIpc) is 2.75. The number of nitro groups is 1. The van der Waals surface area contributed by atoms with E-state index in [0.717, 1.165) is 5.56 Å². The number of amides is 1. The number of benzene rings is 3. The number of carbonyl (C=O) groups is 2. The second-order valence-electron chi connectivity index (χ2n) is 6.60. The number of nitrogens with one attached hydrogen (secondary N) is 1. The van der Waals surface area contributed by atoms with E-state index in [1.165, 1.54) is 12.1 Å². The van der Waals surface area contributed by atoms with Gasteiger partial charge >= 0.3 is 0 Å². The zero-order valence-electron chi connectivity index (χ0n) is 15.7. The fourth-order valence-corrected chi connectivity index (χ4v) is 2.92. The fraction of sp³-hybridized carbons (Fsp3) is 0.130. The Labute approximate surface area is 168 Å². The molecule has 0 saturated heterocycles. The molecule has 0 aliphatic carbocycles. The third-order valence-electron chi connectivity index (χ3n) is 4.48. The minimum atomic E-state index is -0.435. The molecule has 6 heteroatoms. The molecule has 3 aromatic carbocycles. The Morgan fingerprint density at radius 1 is 0.828 bits per heavy atom. The summed E-state index contributed by atoms with van der Waals surface area (Å²) in [6.45, 7) is 0. The summed E-state index contributed by atoms with van der Waals surface area (Å²) in [6.07, 6.45) is 1.63. The molecule has 0 bridgehead atoms. The largest absolute Gasteiger partial charge is 0.326 e. The molecule has 0 aliphatic heterocycles. The van der Waals surface area contributed by atoms with Crippen molar-refractivity contribution in [1.82, 2.24) is 0 Å². The molecule has 0 heterocycles. The lowest BCUT2D eigenvalue weighted by atomic mass is 10.0. The molecule has 0 aliphatic rings. The zero-order chi connectivity index (χ0) is 20.6. The highest BCUT2D eigenvalue weighted by atomic mass is 16.6. The van der Waals surface area contributed by atoms with Gasteiger partial charge in [-0.2, -0.15) is 0 Å². The molecule has 0 spiro atoms. The quantitative estimate of drug-likeness (QED) is 0.341. The van der Waals surface area contributed by atoms with Gasteiger partial charge in [-0.1, -0.05) is 42.5 Å². The molecule has 0 saturated carbocycles. The van der Waals surface area contributed by atoms with Gasteiger partial charge in [0, 0.05) is 35.4 Å². The van der Waals surface area contributed by atoms with Crippen LogP contribution in [0.3, 0.4) is 0 Å². The second kappa shape index (κ2) is 9.41. The molecule has 0 unspecified atom stereocenters. The third kappa shape index (κ3) is 5.59.